The number of likely N-dealkylation sites (tertiary alicyclic amines) is 1. The van der Waals surface area contributed by atoms with Crippen LogP contribution in [0.15, 0.2) is 54.9 Å². The number of nitrogens with zero attached hydrogens (tertiary/aromatic N) is 2. The van der Waals surface area contributed by atoms with Crippen molar-refractivity contribution in [3.8, 4) is 0 Å². The maximum absolute atomic E-state index is 13.4. The molecule has 1 fully saturated rings. The lowest BCUT2D eigenvalue weighted by Gasteiger charge is -2.39. The molecule has 1 aliphatic rings. The van der Waals surface area contributed by atoms with E-state index in [0.717, 1.165) is 29.3 Å². The zero-order chi connectivity index (χ0) is 26.4. The molecular formula is C26H34N6O4S. The van der Waals surface area contributed by atoms with Crippen LogP contribution in [0.2, 0.25) is 0 Å². The van der Waals surface area contributed by atoms with Gasteiger partial charge in [0.05, 0.1) is 18.8 Å². The number of fused-ring (bicyclic) bond motifs is 1. The fraction of sp³-hybridized carbons (Fsp3) is 0.423. The molecule has 1 unspecified atom stereocenters. The highest BCUT2D eigenvalue weighted by Crippen LogP contribution is 2.31. The summed E-state index contributed by atoms with van der Waals surface area (Å²) in [5, 5.41) is 6.70. The first-order valence-corrected chi connectivity index (χ1v) is 14.3. The van der Waals surface area contributed by atoms with Crippen molar-refractivity contribution in [3.63, 3.8) is 0 Å². The molecule has 0 spiro atoms. The minimum absolute atomic E-state index is 0.205. The third-order valence-corrected chi connectivity index (χ3v) is 7.46. The Hall–Kier alpha value is -3.28. The minimum atomic E-state index is -3.32. The Kier molecular flexibility index (Phi) is 8.57. The molecule has 0 bridgehead atoms. The van der Waals surface area contributed by atoms with Gasteiger partial charge in [-0.3, -0.25) is 19.5 Å². The third kappa shape index (κ3) is 7.37. The third-order valence-electron chi connectivity index (χ3n) is 6.73. The number of nitrogens with one attached hydrogen (secondary N) is 4. The molecule has 1 aliphatic heterocycles. The van der Waals surface area contributed by atoms with Crippen molar-refractivity contribution in [1.82, 2.24) is 30.2 Å². The number of aromatic nitrogens is 2. The molecule has 3 atom stereocenters. The number of rotatable bonds is 10. The summed E-state index contributed by atoms with van der Waals surface area (Å²) in [6.07, 6.45) is 6.03. The van der Waals surface area contributed by atoms with E-state index in [0.29, 0.717) is 26.1 Å². The maximum atomic E-state index is 13.4. The van der Waals surface area contributed by atoms with Crippen molar-refractivity contribution >= 4 is 32.7 Å². The van der Waals surface area contributed by atoms with Gasteiger partial charge in [-0.2, -0.15) is 0 Å². The molecule has 4 rings (SSSR count). The SMILES string of the molecule is CC(NC(=O)[C@H]1C[C@@H](c2ccccc2)CCN1CCNS(C)(=O)=O)C(=O)NCc1cc2cnccc2[nH]1. The summed E-state index contributed by atoms with van der Waals surface area (Å²) in [5.41, 5.74) is 2.96. The van der Waals surface area contributed by atoms with E-state index in [-0.39, 0.29) is 24.3 Å². The standard InChI is InChI=1S/C26H34N6O4S/c1-18(25(33)28-17-22-14-21-16-27-10-8-23(21)31-22)30-26(34)24-15-20(19-6-4-3-5-7-19)9-12-32(24)13-11-29-37(2,35)36/h3-8,10,14,16,18,20,24,29,31H,9,11-13,15,17H2,1-2H3,(H,28,33)(H,30,34)/t18?,20-,24+/m0/s1. The van der Waals surface area contributed by atoms with Gasteiger partial charge in [0.15, 0.2) is 0 Å². The second kappa shape index (κ2) is 11.8. The Bertz CT molecular complexity index is 1290. The number of H-pyrrole nitrogens is 1. The van der Waals surface area contributed by atoms with Crippen LogP contribution in [0.3, 0.4) is 0 Å². The predicted octanol–water partition coefficient (Wildman–Crippen LogP) is 1.48. The zero-order valence-electron chi connectivity index (χ0n) is 21.1. The van der Waals surface area contributed by atoms with E-state index in [2.05, 4.69) is 37.5 Å². The van der Waals surface area contributed by atoms with Crippen molar-refractivity contribution in [1.29, 1.82) is 0 Å². The molecule has 0 saturated carbocycles. The van der Waals surface area contributed by atoms with Gasteiger partial charge >= 0.3 is 0 Å². The Morgan fingerprint density at radius 2 is 2.00 bits per heavy atom. The number of sulfonamides is 1. The molecule has 1 aromatic carbocycles. The molecule has 11 heteroatoms. The van der Waals surface area contributed by atoms with Gasteiger partial charge in [-0.05, 0) is 49.9 Å². The highest BCUT2D eigenvalue weighted by molar-refractivity contribution is 7.88. The van der Waals surface area contributed by atoms with Gasteiger partial charge in [0, 0.05) is 42.1 Å². The lowest BCUT2D eigenvalue weighted by Crippen LogP contribution is -2.56. The summed E-state index contributed by atoms with van der Waals surface area (Å²) in [7, 11) is -3.32. The van der Waals surface area contributed by atoms with E-state index in [4.69, 9.17) is 0 Å². The summed E-state index contributed by atoms with van der Waals surface area (Å²) < 4.78 is 25.5. The molecule has 0 aliphatic carbocycles. The van der Waals surface area contributed by atoms with Crippen LogP contribution in [-0.2, 0) is 26.2 Å². The second-order valence-corrected chi connectivity index (χ2v) is 11.4. The number of aromatic amines is 1. The minimum Gasteiger partial charge on any atom is -0.357 e. The topological polar surface area (TPSA) is 136 Å². The lowest BCUT2D eigenvalue weighted by molar-refractivity contribution is -0.132. The Balaban J connectivity index is 1.37. The first-order chi connectivity index (χ1) is 17.7. The van der Waals surface area contributed by atoms with Crippen LogP contribution < -0.4 is 15.4 Å². The van der Waals surface area contributed by atoms with E-state index in [1.165, 1.54) is 5.56 Å². The molecular weight excluding hydrogens is 492 g/mol. The summed E-state index contributed by atoms with van der Waals surface area (Å²) in [6, 6.07) is 12.7. The van der Waals surface area contributed by atoms with Crippen molar-refractivity contribution in [2.75, 3.05) is 25.9 Å². The van der Waals surface area contributed by atoms with Crippen LogP contribution in [0.5, 0.6) is 0 Å². The number of hydrogen-bond acceptors (Lipinski definition) is 6. The van der Waals surface area contributed by atoms with Gasteiger partial charge in [0.2, 0.25) is 21.8 Å². The summed E-state index contributed by atoms with van der Waals surface area (Å²) in [4.78, 5) is 35.5. The molecule has 198 valence electrons. The van der Waals surface area contributed by atoms with E-state index in [1.54, 1.807) is 19.3 Å². The predicted molar refractivity (Wildman–Crippen MR) is 142 cm³/mol. The fourth-order valence-electron chi connectivity index (χ4n) is 4.80. The number of piperidine rings is 1. The number of amides is 2. The van der Waals surface area contributed by atoms with E-state index >= 15 is 0 Å². The van der Waals surface area contributed by atoms with Crippen LogP contribution >= 0.6 is 0 Å². The zero-order valence-corrected chi connectivity index (χ0v) is 21.9. The fourth-order valence-corrected chi connectivity index (χ4v) is 5.26. The van der Waals surface area contributed by atoms with Gasteiger partial charge in [-0.15, -0.1) is 0 Å². The molecule has 10 nitrogen and oxygen atoms in total. The normalized spacial score (nSPS) is 19.4. The van der Waals surface area contributed by atoms with Gasteiger partial charge in [0.25, 0.3) is 0 Å². The van der Waals surface area contributed by atoms with Crippen LogP contribution in [0.1, 0.15) is 36.9 Å². The molecule has 37 heavy (non-hydrogen) atoms. The van der Waals surface area contributed by atoms with Crippen LogP contribution in [0.4, 0.5) is 0 Å². The van der Waals surface area contributed by atoms with Gasteiger partial charge in [-0.1, -0.05) is 30.3 Å². The first kappa shape index (κ1) is 26.8. The van der Waals surface area contributed by atoms with Crippen molar-refractivity contribution in [3.05, 3.63) is 66.1 Å². The van der Waals surface area contributed by atoms with E-state index < -0.39 is 22.1 Å². The van der Waals surface area contributed by atoms with Crippen molar-refractivity contribution in [2.45, 2.75) is 44.3 Å². The number of benzene rings is 1. The van der Waals surface area contributed by atoms with Gasteiger partial charge in [0.1, 0.15) is 6.04 Å². The first-order valence-electron chi connectivity index (χ1n) is 12.4. The van der Waals surface area contributed by atoms with Crippen molar-refractivity contribution in [2.24, 2.45) is 0 Å². The summed E-state index contributed by atoms with van der Waals surface area (Å²) in [5.74, 6) is -0.318. The molecule has 3 aromatic rings. The molecule has 0 radical (unpaired) electrons. The average molecular weight is 527 g/mol. The smallest absolute Gasteiger partial charge is 0.242 e. The van der Waals surface area contributed by atoms with Crippen LogP contribution in [0.25, 0.3) is 10.9 Å². The Labute approximate surface area is 217 Å². The summed E-state index contributed by atoms with van der Waals surface area (Å²) >= 11 is 0. The number of hydrogen-bond donors (Lipinski definition) is 4. The lowest BCUT2D eigenvalue weighted by atomic mass is 9.85. The quantitative estimate of drug-likeness (QED) is 0.316. The van der Waals surface area contributed by atoms with E-state index in [9.17, 15) is 18.0 Å². The largest absolute Gasteiger partial charge is 0.357 e. The number of pyridine rings is 1. The average Bonchev–Trinajstić information content (AvgIpc) is 3.30. The summed E-state index contributed by atoms with van der Waals surface area (Å²) in [6.45, 7) is 3.24. The number of carbonyl (C=O) groups excluding carboxylic acids is 2. The molecule has 3 heterocycles. The van der Waals surface area contributed by atoms with Gasteiger partial charge < -0.3 is 15.6 Å². The van der Waals surface area contributed by atoms with Crippen LogP contribution in [0, 0.1) is 0 Å². The molecule has 4 N–H and O–H groups in total. The highest BCUT2D eigenvalue weighted by Gasteiger charge is 2.35. The molecule has 2 amide bonds. The molecule has 1 saturated heterocycles. The van der Waals surface area contributed by atoms with Gasteiger partial charge in [-0.25, -0.2) is 13.1 Å². The van der Waals surface area contributed by atoms with E-state index in [1.807, 2.05) is 35.2 Å². The second-order valence-electron chi connectivity index (χ2n) is 9.56. The molecule has 2 aromatic heterocycles. The monoisotopic (exact) mass is 526 g/mol. The number of carbonyl (C=O) groups is 2. The Morgan fingerprint density at radius 1 is 1.22 bits per heavy atom. The maximum Gasteiger partial charge on any atom is 0.242 e. The Morgan fingerprint density at radius 3 is 2.73 bits per heavy atom. The highest BCUT2D eigenvalue weighted by atomic mass is 32.2. The van der Waals surface area contributed by atoms with Crippen molar-refractivity contribution < 1.29 is 18.0 Å². The van der Waals surface area contributed by atoms with Crippen LogP contribution in [-0.4, -0.2) is 73.1 Å².